The van der Waals surface area contributed by atoms with Crippen molar-refractivity contribution in [3.63, 3.8) is 0 Å². The molecular formula is C17H17BrFNO. The Morgan fingerprint density at radius 2 is 2.00 bits per heavy atom. The molecule has 0 amide bonds. The largest absolute Gasteiger partial charge is 0.497 e. The third-order valence-corrected chi connectivity index (χ3v) is 4.64. The van der Waals surface area contributed by atoms with Crippen LogP contribution in [0.1, 0.15) is 24.3 Å². The molecule has 1 N–H and O–H groups in total. The Morgan fingerprint density at radius 1 is 1.19 bits per heavy atom. The van der Waals surface area contributed by atoms with Crippen LogP contribution in [-0.2, 0) is 0 Å². The number of benzene rings is 2. The van der Waals surface area contributed by atoms with Gasteiger partial charge in [0.1, 0.15) is 11.6 Å². The number of anilines is 1. The number of nitrogens with one attached hydrogen (secondary N) is 1. The molecule has 21 heavy (non-hydrogen) atoms. The Labute approximate surface area is 132 Å². The fraction of sp³-hybridized carbons (Fsp3) is 0.294. The average molecular weight is 350 g/mol. The summed E-state index contributed by atoms with van der Waals surface area (Å²) < 4.78 is 19.2. The molecule has 110 valence electrons. The van der Waals surface area contributed by atoms with Crippen molar-refractivity contribution in [2.45, 2.75) is 24.8 Å². The molecule has 3 rings (SSSR count). The van der Waals surface area contributed by atoms with E-state index in [0.29, 0.717) is 16.4 Å². The third-order valence-electron chi connectivity index (χ3n) is 3.99. The van der Waals surface area contributed by atoms with Crippen LogP contribution in [0.3, 0.4) is 0 Å². The molecule has 0 heterocycles. The van der Waals surface area contributed by atoms with Crippen LogP contribution < -0.4 is 10.1 Å². The third kappa shape index (κ3) is 3.21. The van der Waals surface area contributed by atoms with E-state index in [9.17, 15) is 4.39 Å². The van der Waals surface area contributed by atoms with E-state index in [4.69, 9.17) is 4.74 Å². The van der Waals surface area contributed by atoms with Gasteiger partial charge in [0.25, 0.3) is 0 Å². The number of rotatable bonds is 4. The van der Waals surface area contributed by atoms with E-state index < -0.39 is 0 Å². The van der Waals surface area contributed by atoms with Gasteiger partial charge in [0, 0.05) is 11.7 Å². The normalized spacial score (nSPS) is 20.7. The molecule has 0 aliphatic heterocycles. The predicted molar refractivity (Wildman–Crippen MR) is 86.5 cm³/mol. The van der Waals surface area contributed by atoms with Gasteiger partial charge in [-0.1, -0.05) is 12.1 Å². The Kier molecular flexibility index (Phi) is 4.15. The predicted octanol–water partition coefficient (Wildman–Crippen LogP) is 4.95. The Balaban J connectivity index is 1.59. The minimum Gasteiger partial charge on any atom is -0.497 e. The van der Waals surface area contributed by atoms with Crippen LogP contribution in [0.4, 0.5) is 10.1 Å². The van der Waals surface area contributed by atoms with E-state index in [1.54, 1.807) is 13.2 Å². The highest BCUT2D eigenvalue weighted by Crippen LogP contribution is 2.39. The molecule has 0 atom stereocenters. The van der Waals surface area contributed by atoms with Gasteiger partial charge < -0.3 is 10.1 Å². The van der Waals surface area contributed by atoms with Crippen LogP contribution in [0.15, 0.2) is 46.9 Å². The van der Waals surface area contributed by atoms with Crippen molar-refractivity contribution in [2.75, 3.05) is 12.4 Å². The first-order chi connectivity index (χ1) is 10.2. The molecule has 1 saturated carbocycles. The minimum atomic E-state index is -0.233. The van der Waals surface area contributed by atoms with E-state index in [2.05, 4.69) is 33.4 Å². The number of methoxy groups -OCH3 is 1. The highest BCUT2D eigenvalue weighted by molar-refractivity contribution is 9.10. The lowest BCUT2D eigenvalue weighted by atomic mass is 9.76. The molecule has 1 fully saturated rings. The van der Waals surface area contributed by atoms with Gasteiger partial charge in [0.2, 0.25) is 0 Å². The summed E-state index contributed by atoms with van der Waals surface area (Å²) in [6.45, 7) is 0. The van der Waals surface area contributed by atoms with Gasteiger partial charge in [0.05, 0.1) is 11.6 Å². The lowest BCUT2D eigenvalue weighted by Crippen LogP contribution is -2.34. The van der Waals surface area contributed by atoms with E-state index in [-0.39, 0.29) is 5.82 Å². The van der Waals surface area contributed by atoms with Crippen molar-refractivity contribution in [3.8, 4) is 5.75 Å². The SMILES string of the molecule is COc1cccc(C2CC(Nc3ccc(Br)c(F)c3)C2)c1. The smallest absolute Gasteiger partial charge is 0.139 e. The zero-order valence-electron chi connectivity index (χ0n) is 11.8. The quantitative estimate of drug-likeness (QED) is 0.842. The van der Waals surface area contributed by atoms with Gasteiger partial charge in [0.15, 0.2) is 0 Å². The second-order valence-electron chi connectivity index (χ2n) is 5.42. The molecule has 0 unspecified atom stereocenters. The average Bonchev–Trinajstić information content (AvgIpc) is 2.46. The van der Waals surface area contributed by atoms with Crippen molar-refractivity contribution in [3.05, 3.63) is 58.3 Å². The van der Waals surface area contributed by atoms with Gasteiger partial charge in [-0.2, -0.15) is 0 Å². The topological polar surface area (TPSA) is 21.3 Å². The second-order valence-corrected chi connectivity index (χ2v) is 6.27. The van der Waals surface area contributed by atoms with Crippen LogP contribution in [0.2, 0.25) is 0 Å². The van der Waals surface area contributed by atoms with Crippen LogP contribution in [0.25, 0.3) is 0 Å². The van der Waals surface area contributed by atoms with Gasteiger partial charge in [-0.3, -0.25) is 0 Å². The summed E-state index contributed by atoms with van der Waals surface area (Å²) in [5.41, 5.74) is 2.15. The molecule has 4 heteroatoms. The fourth-order valence-electron chi connectivity index (χ4n) is 2.72. The highest BCUT2D eigenvalue weighted by atomic mass is 79.9. The molecular weight excluding hydrogens is 333 g/mol. The van der Waals surface area contributed by atoms with Crippen LogP contribution in [0, 0.1) is 5.82 Å². The van der Waals surface area contributed by atoms with E-state index in [1.807, 2.05) is 18.2 Å². The number of ether oxygens (including phenoxy) is 1. The zero-order chi connectivity index (χ0) is 14.8. The molecule has 0 radical (unpaired) electrons. The first-order valence-corrected chi connectivity index (χ1v) is 7.80. The molecule has 0 saturated heterocycles. The lowest BCUT2D eigenvalue weighted by Gasteiger charge is -2.37. The summed E-state index contributed by atoms with van der Waals surface area (Å²) in [6.07, 6.45) is 2.12. The van der Waals surface area contributed by atoms with E-state index in [0.717, 1.165) is 24.3 Å². The summed E-state index contributed by atoms with van der Waals surface area (Å²) in [4.78, 5) is 0. The monoisotopic (exact) mass is 349 g/mol. The molecule has 2 nitrogen and oxygen atoms in total. The van der Waals surface area contributed by atoms with Crippen molar-refractivity contribution in [2.24, 2.45) is 0 Å². The standard InChI is InChI=1S/C17H17BrFNO/c1-21-15-4-2-3-11(9-15)12-7-14(8-12)20-13-5-6-16(18)17(19)10-13/h2-6,9-10,12,14,20H,7-8H2,1H3. The maximum Gasteiger partial charge on any atom is 0.139 e. The summed E-state index contributed by atoms with van der Waals surface area (Å²) in [5.74, 6) is 1.22. The van der Waals surface area contributed by atoms with E-state index in [1.165, 1.54) is 11.6 Å². The summed E-state index contributed by atoms with van der Waals surface area (Å²) >= 11 is 3.17. The van der Waals surface area contributed by atoms with Crippen LogP contribution in [0.5, 0.6) is 5.75 Å². The highest BCUT2D eigenvalue weighted by Gasteiger charge is 2.30. The number of hydrogen-bond acceptors (Lipinski definition) is 2. The maximum atomic E-state index is 13.5. The van der Waals surface area contributed by atoms with E-state index >= 15 is 0 Å². The Hall–Kier alpha value is -1.55. The van der Waals surface area contributed by atoms with Crippen molar-refractivity contribution < 1.29 is 9.13 Å². The van der Waals surface area contributed by atoms with Crippen molar-refractivity contribution in [1.29, 1.82) is 0 Å². The van der Waals surface area contributed by atoms with Gasteiger partial charge in [-0.05, 0) is 70.6 Å². The lowest BCUT2D eigenvalue weighted by molar-refractivity contribution is 0.370. The Bertz CT molecular complexity index is 640. The summed E-state index contributed by atoms with van der Waals surface area (Å²) in [6, 6.07) is 13.8. The molecule has 0 bridgehead atoms. The molecule has 2 aromatic rings. The second kappa shape index (κ2) is 6.06. The first kappa shape index (κ1) is 14.4. The molecule has 2 aromatic carbocycles. The summed E-state index contributed by atoms with van der Waals surface area (Å²) in [5, 5.41) is 3.38. The minimum absolute atomic E-state index is 0.233. The summed E-state index contributed by atoms with van der Waals surface area (Å²) in [7, 11) is 1.69. The van der Waals surface area contributed by atoms with Gasteiger partial charge in [-0.15, -0.1) is 0 Å². The number of halogens is 2. The maximum absolute atomic E-state index is 13.5. The zero-order valence-corrected chi connectivity index (χ0v) is 13.4. The van der Waals surface area contributed by atoms with Gasteiger partial charge in [-0.25, -0.2) is 4.39 Å². The molecule has 0 aromatic heterocycles. The molecule has 0 spiro atoms. The van der Waals surface area contributed by atoms with Crippen LogP contribution >= 0.6 is 15.9 Å². The van der Waals surface area contributed by atoms with Gasteiger partial charge >= 0.3 is 0 Å². The van der Waals surface area contributed by atoms with Crippen molar-refractivity contribution in [1.82, 2.24) is 0 Å². The molecule has 1 aliphatic rings. The van der Waals surface area contributed by atoms with Crippen LogP contribution in [-0.4, -0.2) is 13.2 Å². The Morgan fingerprint density at radius 3 is 2.71 bits per heavy atom. The van der Waals surface area contributed by atoms with Crippen molar-refractivity contribution >= 4 is 21.6 Å². The molecule has 1 aliphatic carbocycles. The fourth-order valence-corrected chi connectivity index (χ4v) is 2.97. The number of hydrogen-bond donors (Lipinski definition) is 1. The first-order valence-electron chi connectivity index (χ1n) is 7.01.